The summed E-state index contributed by atoms with van der Waals surface area (Å²) in [5.74, 6) is 1.12. The van der Waals surface area contributed by atoms with Gasteiger partial charge in [-0.2, -0.15) is 0 Å². The Morgan fingerprint density at radius 2 is 1.82 bits per heavy atom. The lowest BCUT2D eigenvalue weighted by molar-refractivity contribution is -0.123. The standard InChI is InChI=1S/C21H31N3O4/c1-6-7-16-12-17(13-18(27-4)20(16)28-5)21(26)24-10-8-23(9-11-24)14-19(25)22-15(2)3/h6-7,12-13,15H,8-11,14H2,1-5H3,(H,22,25)/b7-6+. The van der Waals surface area contributed by atoms with Crippen molar-refractivity contribution in [3.63, 3.8) is 0 Å². The first-order chi connectivity index (χ1) is 13.4. The van der Waals surface area contributed by atoms with Crippen molar-refractivity contribution in [2.75, 3.05) is 46.9 Å². The second-order valence-corrected chi connectivity index (χ2v) is 7.09. The second-order valence-electron chi connectivity index (χ2n) is 7.09. The maximum absolute atomic E-state index is 13.0. The van der Waals surface area contributed by atoms with Crippen LogP contribution in [0, 0.1) is 0 Å². The van der Waals surface area contributed by atoms with E-state index in [1.54, 1.807) is 20.3 Å². The minimum atomic E-state index is -0.0435. The third kappa shape index (κ3) is 5.48. The molecule has 1 aromatic rings. The van der Waals surface area contributed by atoms with Gasteiger partial charge in [0, 0.05) is 43.3 Å². The van der Waals surface area contributed by atoms with Crippen LogP contribution in [0.5, 0.6) is 11.5 Å². The van der Waals surface area contributed by atoms with Crippen LogP contribution in [0.15, 0.2) is 18.2 Å². The molecule has 0 aliphatic carbocycles. The number of methoxy groups -OCH3 is 2. The highest BCUT2D eigenvalue weighted by atomic mass is 16.5. The Morgan fingerprint density at radius 3 is 2.36 bits per heavy atom. The fourth-order valence-electron chi connectivity index (χ4n) is 3.28. The summed E-state index contributed by atoms with van der Waals surface area (Å²) in [6.07, 6.45) is 3.79. The van der Waals surface area contributed by atoms with E-state index in [1.165, 1.54) is 0 Å². The SMILES string of the molecule is C/C=C/c1cc(C(=O)N2CCN(CC(=O)NC(C)C)CC2)cc(OC)c1OC. The van der Waals surface area contributed by atoms with E-state index in [1.807, 2.05) is 43.9 Å². The number of carbonyl (C=O) groups excluding carboxylic acids is 2. The molecule has 0 atom stereocenters. The fourth-order valence-corrected chi connectivity index (χ4v) is 3.28. The molecular weight excluding hydrogens is 358 g/mol. The van der Waals surface area contributed by atoms with Crippen LogP contribution in [-0.4, -0.2) is 74.6 Å². The fraction of sp³-hybridized carbons (Fsp3) is 0.524. The second kappa shape index (κ2) is 10.1. The number of hydrogen-bond acceptors (Lipinski definition) is 5. The average Bonchev–Trinajstić information content (AvgIpc) is 2.67. The highest BCUT2D eigenvalue weighted by Gasteiger charge is 2.25. The summed E-state index contributed by atoms with van der Waals surface area (Å²) in [5, 5.41) is 2.90. The number of hydrogen-bond donors (Lipinski definition) is 1. The average molecular weight is 389 g/mol. The monoisotopic (exact) mass is 389 g/mol. The number of benzene rings is 1. The molecule has 0 bridgehead atoms. The predicted molar refractivity (Wildman–Crippen MR) is 110 cm³/mol. The minimum absolute atomic E-state index is 0.0191. The van der Waals surface area contributed by atoms with Crippen molar-refractivity contribution in [2.24, 2.45) is 0 Å². The first-order valence-corrected chi connectivity index (χ1v) is 9.59. The van der Waals surface area contributed by atoms with E-state index in [9.17, 15) is 9.59 Å². The third-order valence-corrected chi connectivity index (χ3v) is 4.58. The summed E-state index contributed by atoms with van der Waals surface area (Å²) in [6, 6.07) is 3.68. The van der Waals surface area contributed by atoms with E-state index in [0.29, 0.717) is 49.8 Å². The Hall–Kier alpha value is -2.54. The third-order valence-electron chi connectivity index (χ3n) is 4.58. The molecule has 1 fully saturated rings. The van der Waals surface area contributed by atoms with Gasteiger partial charge in [-0.25, -0.2) is 0 Å². The van der Waals surface area contributed by atoms with Gasteiger partial charge >= 0.3 is 0 Å². The molecular formula is C21H31N3O4. The van der Waals surface area contributed by atoms with Crippen molar-refractivity contribution < 1.29 is 19.1 Å². The molecule has 28 heavy (non-hydrogen) atoms. The topological polar surface area (TPSA) is 71.1 Å². The quantitative estimate of drug-likeness (QED) is 0.773. The van der Waals surface area contributed by atoms with Crippen molar-refractivity contribution in [2.45, 2.75) is 26.8 Å². The number of carbonyl (C=O) groups is 2. The normalized spacial score (nSPS) is 15.1. The Labute approximate surface area is 167 Å². The molecule has 1 heterocycles. The summed E-state index contributed by atoms with van der Waals surface area (Å²) in [5.41, 5.74) is 1.37. The summed E-state index contributed by atoms with van der Waals surface area (Å²) in [7, 11) is 3.15. The molecule has 1 aliphatic rings. The van der Waals surface area contributed by atoms with Crippen LogP contribution in [-0.2, 0) is 4.79 Å². The Balaban J connectivity index is 2.07. The van der Waals surface area contributed by atoms with Gasteiger partial charge in [-0.05, 0) is 32.9 Å². The number of nitrogens with zero attached hydrogens (tertiary/aromatic N) is 2. The summed E-state index contributed by atoms with van der Waals surface area (Å²) in [6.45, 7) is 8.68. The van der Waals surface area contributed by atoms with Crippen molar-refractivity contribution in [1.82, 2.24) is 15.1 Å². The molecule has 2 rings (SSSR count). The lowest BCUT2D eigenvalue weighted by atomic mass is 10.1. The smallest absolute Gasteiger partial charge is 0.254 e. The molecule has 0 radical (unpaired) electrons. The largest absolute Gasteiger partial charge is 0.493 e. The van der Waals surface area contributed by atoms with Crippen LogP contribution in [0.3, 0.4) is 0 Å². The molecule has 1 aliphatic heterocycles. The number of rotatable bonds is 7. The zero-order valence-corrected chi connectivity index (χ0v) is 17.4. The van der Waals surface area contributed by atoms with E-state index in [4.69, 9.17) is 9.47 Å². The van der Waals surface area contributed by atoms with Gasteiger partial charge in [-0.3, -0.25) is 14.5 Å². The maximum Gasteiger partial charge on any atom is 0.254 e. The molecule has 1 saturated heterocycles. The summed E-state index contributed by atoms with van der Waals surface area (Å²) >= 11 is 0. The van der Waals surface area contributed by atoms with Crippen molar-refractivity contribution >= 4 is 17.9 Å². The lowest BCUT2D eigenvalue weighted by Gasteiger charge is -2.34. The first kappa shape index (κ1) is 21.8. The number of allylic oxidation sites excluding steroid dienone is 1. The molecule has 154 valence electrons. The highest BCUT2D eigenvalue weighted by Crippen LogP contribution is 2.34. The Kier molecular flexibility index (Phi) is 7.87. The molecule has 0 spiro atoms. The summed E-state index contributed by atoms with van der Waals surface area (Å²) in [4.78, 5) is 28.8. The molecule has 0 unspecified atom stereocenters. The molecule has 0 saturated carbocycles. The van der Waals surface area contributed by atoms with E-state index in [2.05, 4.69) is 10.2 Å². The van der Waals surface area contributed by atoms with Crippen LogP contribution >= 0.6 is 0 Å². The van der Waals surface area contributed by atoms with Crippen LogP contribution in [0.2, 0.25) is 0 Å². The van der Waals surface area contributed by atoms with Gasteiger partial charge < -0.3 is 19.7 Å². The number of piperazine rings is 1. The van der Waals surface area contributed by atoms with Gasteiger partial charge in [0.2, 0.25) is 5.91 Å². The van der Waals surface area contributed by atoms with Crippen LogP contribution in [0.25, 0.3) is 6.08 Å². The van der Waals surface area contributed by atoms with Gasteiger partial charge in [0.1, 0.15) is 0 Å². The number of nitrogens with one attached hydrogen (secondary N) is 1. The van der Waals surface area contributed by atoms with E-state index in [-0.39, 0.29) is 17.9 Å². The number of amides is 2. The molecule has 2 amide bonds. The zero-order chi connectivity index (χ0) is 20.7. The highest BCUT2D eigenvalue weighted by molar-refractivity contribution is 5.96. The minimum Gasteiger partial charge on any atom is -0.493 e. The van der Waals surface area contributed by atoms with Gasteiger partial charge in [0.05, 0.1) is 20.8 Å². The molecule has 0 aromatic heterocycles. The number of ether oxygens (including phenoxy) is 2. The van der Waals surface area contributed by atoms with Crippen LogP contribution in [0.4, 0.5) is 0 Å². The van der Waals surface area contributed by atoms with E-state index < -0.39 is 0 Å². The van der Waals surface area contributed by atoms with Crippen LogP contribution < -0.4 is 14.8 Å². The molecule has 1 N–H and O–H groups in total. The molecule has 1 aromatic carbocycles. The van der Waals surface area contributed by atoms with Gasteiger partial charge in [0.15, 0.2) is 11.5 Å². The van der Waals surface area contributed by atoms with Crippen molar-refractivity contribution in [3.05, 3.63) is 29.3 Å². The van der Waals surface area contributed by atoms with Gasteiger partial charge in [-0.1, -0.05) is 12.2 Å². The van der Waals surface area contributed by atoms with Gasteiger partial charge in [0.25, 0.3) is 5.91 Å². The van der Waals surface area contributed by atoms with Crippen molar-refractivity contribution in [1.29, 1.82) is 0 Å². The van der Waals surface area contributed by atoms with Crippen LogP contribution in [0.1, 0.15) is 36.7 Å². The Morgan fingerprint density at radius 1 is 1.14 bits per heavy atom. The summed E-state index contributed by atoms with van der Waals surface area (Å²) < 4.78 is 10.8. The zero-order valence-electron chi connectivity index (χ0n) is 17.4. The lowest BCUT2D eigenvalue weighted by Crippen LogP contribution is -2.51. The molecule has 7 heteroatoms. The van der Waals surface area contributed by atoms with E-state index in [0.717, 1.165) is 5.56 Å². The van der Waals surface area contributed by atoms with Gasteiger partial charge in [-0.15, -0.1) is 0 Å². The first-order valence-electron chi connectivity index (χ1n) is 9.59. The predicted octanol–water partition coefficient (Wildman–Crippen LogP) is 2.02. The van der Waals surface area contributed by atoms with E-state index >= 15 is 0 Å². The molecule has 7 nitrogen and oxygen atoms in total. The maximum atomic E-state index is 13.0. The van der Waals surface area contributed by atoms with Crippen molar-refractivity contribution in [3.8, 4) is 11.5 Å². The Bertz CT molecular complexity index is 723.